The highest BCUT2D eigenvalue weighted by Gasteiger charge is 2.14. The molecular weight excluding hydrogens is 233 g/mol. The van der Waals surface area contributed by atoms with Crippen LogP contribution in [-0.4, -0.2) is 15.7 Å². The first-order valence-electron chi connectivity index (χ1n) is 5.81. The molecule has 18 heavy (non-hydrogen) atoms. The molecule has 0 spiro atoms. The first-order valence-corrected chi connectivity index (χ1v) is 5.81. The number of nitrogens with zero attached hydrogens (tertiary/aromatic N) is 2. The Labute approximate surface area is 105 Å². The van der Waals surface area contributed by atoms with Gasteiger partial charge in [0.05, 0.1) is 0 Å². The molecule has 4 nitrogen and oxygen atoms in total. The number of hydrogen-bond acceptors (Lipinski definition) is 4. The highest BCUT2D eigenvalue weighted by Crippen LogP contribution is 2.17. The van der Waals surface area contributed by atoms with E-state index >= 15 is 0 Å². The minimum absolute atomic E-state index is 0.259. The van der Waals surface area contributed by atoms with Crippen molar-refractivity contribution in [3.63, 3.8) is 0 Å². The van der Waals surface area contributed by atoms with Crippen LogP contribution < -0.4 is 5.73 Å². The van der Waals surface area contributed by atoms with Crippen LogP contribution >= 0.6 is 0 Å². The molecule has 0 unspecified atom stereocenters. The molecule has 2 N–H and O–H groups in total. The number of nitrogens with two attached hydrogens (primary N) is 1. The van der Waals surface area contributed by atoms with E-state index in [0.29, 0.717) is 18.1 Å². The summed E-state index contributed by atoms with van der Waals surface area (Å²) in [7, 11) is 0. The van der Waals surface area contributed by atoms with Gasteiger partial charge in [-0.3, -0.25) is 0 Å². The van der Waals surface area contributed by atoms with Gasteiger partial charge in [0.2, 0.25) is 11.7 Å². The summed E-state index contributed by atoms with van der Waals surface area (Å²) in [6, 6.07) is 5.98. The SMILES string of the molecule is CC(C)(N)CCc1nc(-c2ccc(F)cc2)no1. The highest BCUT2D eigenvalue weighted by atomic mass is 19.1. The van der Waals surface area contributed by atoms with Gasteiger partial charge in [-0.2, -0.15) is 4.98 Å². The number of rotatable bonds is 4. The van der Waals surface area contributed by atoms with Crippen LogP contribution in [0, 0.1) is 5.82 Å². The Balaban J connectivity index is 2.08. The van der Waals surface area contributed by atoms with Crippen molar-refractivity contribution < 1.29 is 8.91 Å². The largest absolute Gasteiger partial charge is 0.339 e. The van der Waals surface area contributed by atoms with Gasteiger partial charge in [-0.1, -0.05) is 5.16 Å². The average Bonchev–Trinajstić information content (AvgIpc) is 2.75. The fraction of sp³-hybridized carbons (Fsp3) is 0.385. The predicted molar refractivity (Wildman–Crippen MR) is 66.3 cm³/mol. The summed E-state index contributed by atoms with van der Waals surface area (Å²) in [4.78, 5) is 4.26. The second-order valence-corrected chi connectivity index (χ2v) is 5.01. The van der Waals surface area contributed by atoms with Crippen LogP contribution in [0.3, 0.4) is 0 Å². The molecule has 0 fully saturated rings. The van der Waals surface area contributed by atoms with Crippen LogP contribution in [0.2, 0.25) is 0 Å². The van der Waals surface area contributed by atoms with E-state index in [1.807, 2.05) is 13.8 Å². The first-order chi connectivity index (χ1) is 8.44. The topological polar surface area (TPSA) is 64.9 Å². The second-order valence-electron chi connectivity index (χ2n) is 5.01. The monoisotopic (exact) mass is 249 g/mol. The number of aromatic nitrogens is 2. The van der Waals surface area contributed by atoms with Crippen LogP contribution in [0.15, 0.2) is 28.8 Å². The highest BCUT2D eigenvalue weighted by molar-refractivity contribution is 5.53. The summed E-state index contributed by atoms with van der Waals surface area (Å²) in [6.07, 6.45) is 1.40. The minimum atomic E-state index is -0.285. The molecule has 0 amide bonds. The lowest BCUT2D eigenvalue weighted by molar-refractivity contribution is 0.358. The summed E-state index contributed by atoms with van der Waals surface area (Å²) in [5.74, 6) is 0.736. The Kier molecular flexibility index (Phi) is 3.43. The van der Waals surface area contributed by atoms with Gasteiger partial charge in [-0.05, 0) is 44.5 Å². The van der Waals surface area contributed by atoms with Crippen molar-refractivity contribution in [2.75, 3.05) is 0 Å². The first kappa shape index (κ1) is 12.7. The molecule has 0 saturated heterocycles. The lowest BCUT2D eigenvalue weighted by Gasteiger charge is -2.16. The van der Waals surface area contributed by atoms with Crippen LogP contribution in [0.4, 0.5) is 4.39 Å². The Bertz CT molecular complexity index is 514. The number of benzene rings is 1. The molecule has 5 heteroatoms. The molecule has 2 aromatic rings. The number of aryl methyl sites for hydroxylation is 1. The van der Waals surface area contributed by atoms with Gasteiger partial charge in [0.1, 0.15) is 5.82 Å². The molecule has 0 aliphatic rings. The fourth-order valence-electron chi connectivity index (χ4n) is 1.50. The average molecular weight is 249 g/mol. The van der Waals surface area contributed by atoms with Gasteiger partial charge in [0.25, 0.3) is 0 Å². The zero-order valence-electron chi connectivity index (χ0n) is 10.5. The molecule has 0 radical (unpaired) electrons. The van der Waals surface area contributed by atoms with Crippen molar-refractivity contribution >= 4 is 0 Å². The molecule has 0 saturated carbocycles. The van der Waals surface area contributed by atoms with Crippen molar-refractivity contribution in [1.29, 1.82) is 0 Å². The fourth-order valence-corrected chi connectivity index (χ4v) is 1.50. The summed E-state index contributed by atoms with van der Waals surface area (Å²) < 4.78 is 17.9. The lowest BCUT2D eigenvalue weighted by Crippen LogP contribution is -2.32. The van der Waals surface area contributed by atoms with Crippen molar-refractivity contribution in [1.82, 2.24) is 10.1 Å². The molecule has 0 aliphatic heterocycles. The standard InChI is InChI=1S/C13H16FN3O/c1-13(2,15)8-7-11-16-12(17-18-11)9-3-5-10(14)6-4-9/h3-6H,7-8,15H2,1-2H3. The third-order valence-corrected chi connectivity index (χ3v) is 2.55. The van der Waals surface area contributed by atoms with Crippen molar-refractivity contribution in [2.24, 2.45) is 5.73 Å². The molecule has 0 bridgehead atoms. The van der Waals surface area contributed by atoms with Crippen molar-refractivity contribution in [3.05, 3.63) is 36.0 Å². The number of halogens is 1. The van der Waals surface area contributed by atoms with E-state index in [4.69, 9.17) is 10.3 Å². The normalized spacial score (nSPS) is 11.8. The molecule has 96 valence electrons. The molecule has 2 rings (SSSR count). The molecule has 0 aliphatic carbocycles. The van der Waals surface area contributed by atoms with Gasteiger partial charge in [-0.25, -0.2) is 4.39 Å². The molecular formula is C13H16FN3O. The van der Waals surface area contributed by atoms with E-state index in [2.05, 4.69) is 10.1 Å². The third-order valence-electron chi connectivity index (χ3n) is 2.55. The van der Waals surface area contributed by atoms with Crippen LogP contribution in [-0.2, 0) is 6.42 Å². The maximum absolute atomic E-state index is 12.8. The van der Waals surface area contributed by atoms with Gasteiger partial charge < -0.3 is 10.3 Å². The maximum atomic E-state index is 12.8. The summed E-state index contributed by atoms with van der Waals surface area (Å²) >= 11 is 0. The third kappa shape index (κ3) is 3.37. The second kappa shape index (κ2) is 4.86. The Morgan fingerprint density at radius 1 is 1.28 bits per heavy atom. The van der Waals surface area contributed by atoms with E-state index in [1.165, 1.54) is 12.1 Å². The van der Waals surface area contributed by atoms with E-state index in [0.717, 1.165) is 12.0 Å². The maximum Gasteiger partial charge on any atom is 0.227 e. The molecule has 1 aromatic carbocycles. The minimum Gasteiger partial charge on any atom is -0.339 e. The molecule has 1 aromatic heterocycles. The summed E-state index contributed by atoms with van der Waals surface area (Å²) in [6.45, 7) is 3.90. The molecule has 0 atom stereocenters. The van der Waals surface area contributed by atoms with Crippen molar-refractivity contribution in [2.45, 2.75) is 32.2 Å². The zero-order chi connectivity index (χ0) is 13.2. The smallest absolute Gasteiger partial charge is 0.227 e. The summed E-state index contributed by atoms with van der Waals surface area (Å²) in [5.41, 5.74) is 6.36. The van der Waals surface area contributed by atoms with Gasteiger partial charge in [0, 0.05) is 17.5 Å². The van der Waals surface area contributed by atoms with Gasteiger partial charge >= 0.3 is 0 Å². The van der Waals surface area contributed by atoms with Gasteiger partial charge in [0.15, 0.2) is 0 Å². The Morgan fingerprint density at radius 3 is 2.56 bits per heavy atom. The Morgan fingerprint density at radius 2 is 1.94 bits per heavy atom. The van der Waals surface area contributed by atoms with Crippen LogP contribution in [0.5, 0.6) is 0 Å². The zero-order valence-corrected chi connectivity index (χ0v) is 10.5. The van der Waals surface area contributed by atoms with E-state index in [1.54, 1.807) is 12.1 Å². The molecule has 1 heterocycles. The van der Waals surface area contributed by atoms with E-state index < -0.39 is 0 Å². The summed E-state index contributed by atoms with van der Waals surface area (Å²) in [5, 5.41) is 3.87. The predicted octanol–water partition coefficient (Wildman–Crippen LogP) is 2.55. The van der Waals surface area contributed by atoms with Crippen LogP contribution in [0.25, 0.3) is 11.4 Å². The van der Waals surface area contributed by atoms with Crippen molar-refractivity contribution in [3.8, 4) is 11.4 Å². The lowest BCUT2D eigenvalue weighted by atomic mass is 10.0. The number of hydrogen-bond donors (Lipinski definition) is 1. The van der Waals surface area contributed by atoms with E-state index in [9.17, 15) is 4.39 Å². The quantitative estimate of drug-likeness (QED) is 0.904. The Hall–Kier alpha value is -1.75. The van der Waals surface area contributed by atoms with Gasteiger partial charge in [-0.15, -0.1) is 0 Å². The van der Waals surface area contributed by atoms with E-state index in [-0.39, 0.29) is 11.4 Å². The van der Waals surface area contributed by atoms with Crippen LogP contribution in [0.1, 0.15) is 26.2 Å².